The molecule has 2 aromatic rings. The molecule has 2 rings (SSSR count). The predicted octanol–water partition coefficient (Wildman–Crippen LogP) is 3.27. The summed E-state index contributed by atoms with van der Waals surface area (Å²) in [7, 11) is 1.12. The Morgan fingerprint density at radius 1 is 1.29 bits per heavy atom. The maximum absolute atomic E-state index is 12.7. The van der Waals surface area contributed by atoms with Gasteiger partial charge >= 0.3 is 12.3 Å². The van der Waals surface area contributed by atoms with E-state index in [0.29, 0.717) is 0 Å². The highest BCUT2D eigenvalue weighted by molar-refractivity contribution is 5.92. The van der Waals surface area contributed by atoms with Gasteiger partial charge in [0.15, 0.2) is 0 Å². The van der Waals surface area contributed by atoms with E-state index < -0.39 is 17.8 Å². The standard InChI is InChI=1S/C11H8F3NO2/c1-17-10(16)15-6-8(11(12,13)14)7-4-2-3-5-9(7)15/h2-6H,1H3. The van der Waals surface area contributed by atoms with Crippen molar-refractivity contribution >= 4 is 17.0 Å². The van der Waals surface area contributed by atoms with E-state index in [-0.39, 0.29) is 10.9 Å². The van der Waals surface area contributed by atoms with Crippen molar-refractivity contribution in [2.45, 2.75) is 6.18 Å². The molecule has 17 heavy (non-hydrogen) atoms. The SMILES string of the molecule is COC(=O)n1cc(C(F)(F)F)c2ccccc21. The number of carbonyl (C=O) groups is 1. The largest absolute Gasteiger partial charge is 0.452 e. The summed E-state index contributed by atoms with van der Waals surface area (Å²) in [5, 5.41) is -0.0228. The summed E-state index contributed by atoms with van der Waals surface area (Å²) in [5.74, 6) is 0. The summed E-state index contributed by atoms with van der Waals surface area (Å²) in [5.41, 5.74) is -0.676. The van der Waals surface area contributed by atoms with Gasteiger partial charge in [-0.25, -0.2) is 4.79 Å². The first-order valence-electron chi connectivity index (χ1n) is 4.70. The molecule has 6 heteroatoms. The molecule has 3 nitrogen and oxygen atoms in total. The van der Waals surface area contributed by atoms with Gasteiger partial charge in [-0.2, -0.15) is 13.2 Å². The third-order valence-electron chi connectivity index (χ3n) is 2.39. The fourth-order valence-corrected chi connectivity index (χ4v) is 1.65. The van der Waals surface area contributed by atoms with E-state index in [0.717, 1.165) is 17.9 Å². The zero-order valence-electron chi connectivity index (χ0n) is 8.78. The molecule has 0 unspecified atom stereocenters. The van der Waals surface area contributed by atoms with Crippen LogP contribution in [0.5, 0.6) is 0 Å². The monoisotopic (exact) mass is 243 g/mol. The van der Waals surface area contributed by atoms with Crippen molar-refractivity contribution in [3.05, 3.63) is 36.0 Å². The summed E-state index contributed by atoms with van der Waals surface area (Å²) in [6.45, 7) is 0. The first-order valence-corrected chi connectivity index (χ1v) is 4.70. The molecule has 1 heterocycles. The molecule has 1 aromatic heterocycles. The van der Waals surface area contributed by atoms with Crippen LogP contribution in [-0.2, 0) is 10.9 Å². The van der Waals surface area contributed by atoms with Crippen molar-refractivity contribution in [3.63, 3.8) is 0 Å². The van der Waals surface area contributed by atoms with Crippen molar-refractivity contribution in [1.82, 2.24) is 4.57 Å². The molecule has 0 radical (unpaired) electrons. The van der Waals surface area contributed by atoms with Crippen LogP contribution in [0, 0.1) is 0 Å². The quantitative estimate of drug-likeness (QED) is 0.711. The lowest BCUT2D eigenvalue weighted by atomic mass is 10.2. The highest BCUT2D eigenvalue weighted by Gasteiger charge is 2.35. The van der Waals surface area contributed by atoms with Gasteiger partial charge in [-0.05, 0) is 6.07 Å². The number of rotatable bonds is 0. The second-order valence-corrected chi connectivity index (χ2v) is 3.40. The maximum atomic E-state index is 12.7. The Bertz CT molecular complexity index is 572. The molecule has 0 bridgehead atoms. The number of methoxy groups -OCH3 is 1. The van der Waals surface area contributed by atoms with E-state index in [4.69, 9.17) is 0 Å². The summed E-state index contributed by atoms with van der Waals surface area (Å²) in [6, 6.07) is 5.79. The summed E-state index contributed by atoms with van der Waals surface area (Å²) >= 11 is 0. The minimum absolute atomic E-state index is 0.0228. The lowest BCUT2D eigenvalue weighted by Crippen LogP contribution is -2.10. The van der Waals surface area contributed by atoms with Gasteiger partial charge in [-0.3, -0.25) is 4.57 Å². The number of aromatic nitrogens is 1. The van der Waals surface area contributed by atoms with Crippen LogP contribution in [0.15, 0.2) is 30.5 Å². The zero-order chi connectivity index (χ0) is 12.6. The molecular weight excluding hydrogens is 235 g/mol. The van der Waals surface area contributed by atoms with Crippen molar-refractivity contribution < 1.29 is 22.7 Å². The number of benzene rings is 1. The minimum atomic E-state index is -4.50. The van der Waals surface area contributed by atoms with Gasteiger partial charge < -0.3 is 4.74 Å². The third-order valence-corrected chi connectivity index (χ3v) is 2.39. The van der Waals surface area contributed by atoms with Crippen molar-refractivity contribution in [2.75, 3.05) is 7.11 Å². The molecule has 0 aliphatic rings. The van der Waals surface area contributed by atoms with Crippen LogP contribution in [0.1, 0.15) is 5.56 Å². The van der Waals surface area contributed by atoms with Gasteiger partial charge in [0.2, 0.25) is 0 Å². The summed E-state index contributed by atoms with van der Waals surface area (Å²) < 4.78 is 43.5. The van der Waals surface area contributed by atoms with Crippen molar-refractivity contribution in [1.29, 1.82) is 0 Å². The van der Waals surface area contributed by atoms with E-state index in [1.807, 2.05) is 0 Å². The molecule has 0 aliphatic heterocycles. The first kappa shape index (κ1) is 11.5. The molecular formula is C11H8F3NO2. The minimum Gasteiger partial charge on any atom is -0.452 e. The molecule has 0 saturated carbocycles. The van der Waals surface area contributed by atoms with Crippen LogP contribution in [0.3, 0.4) is 0 Å². The molecule has 90 valence electrons. The fraction of sp³-hybridized carbons (Fsp3) is 0.182. The Morgan fingerprint density at radius 3 is 2.53 bits per heavy atom. The molecule has 0 saturated heterocycles. The Kier molecular flexibility index (Phi) is 2.57. The second kappa shape index (κ2) is 3.80. The predicted molar refractivity (Wildman–Crippen MR) is 54.7 cm³/mol. The van der Waals surface area contributed by atoms with E-state index in [1.54, 1.807) is 6.07 Å². The Labute approximate surface area is 94.4 Å². The van der Waals surface area contributed by atoms with Gasteiger partial charge in [-0.15, -0.1) is 0 Å². The highest BCUT2D eigenvalue weighted by atomic mass is 19.4. The lowest BCUT2D eigenvalue weighted by molar-refractivity contribution is -0.136. The van der Waals surface area contributed by atoms with Crippen LogP contribution in [0.2, 0.25) is 0 Å². The summed E-state index contributed by atoms with van der Waals surface area (Å²) in [4.78, 5) is 11.3. The number of nitrogens with zero attached hydrogens (tertiary/aromatic N) is 1. The number of fused-ring (bicyclic) bond motifs is 1. The van der Waals surface area contributed by atoms with Gasteiger partial charge in [0.1, 0.15) is 0 Å². The van der Waals surface area contributed by atoms with Crippen LogP contribution in [0.4, 0.5) is 18.0 Å². The Morgan fingerprint density at radius 2 is 1.94 bits per heavy atom. The average molecular weight is 243 g/mol. The smallest absolute Gasteiger partial charge is 0.418 e. The average Bonchev–Trinajstić information content (AvgIpc) is 2.67. The van der Waals surface area contributed by atoms with E-state index >= 15 is 0 Å². The normalized spacial score (nSPS) is 11.8. The van der Waals surface area contributed by atoms with E-state index in [1.165, 1.54) is 18.2 Å². The molecule has 0 atom stereocenters. The second-order valence-electron chi connectivity index (χ2n) is 3.40. The number of hydrogen-bond donors (Lipinski definition) is 0. The van der Waals surface area contributed by atoms with Crippen LogP contribution in [0.25, 0.3) is 10.9 Å². The lowest BCUT2D eigenvalue weighted by Gasteiger charge is -2.02. The molecule has 0 N–H and O–H groups in total. The third kappa shape index (κ3) is 1.86. The number of alkyl halides is 3. The zero-order valence-corrected chi connectivity index (χ0v) is 8.78. The summed E-state index contributed by atoms with van der Waals surface area (Å²) in [6.07, 6.45) is -4.60. The molecule has 0 amide bonds. The molecule has 0 aliphatic carbocycles. The molecule has 0 spiro atoms. The van der Waals surface area contributed by atoms with Crippen molar-refractivity contribution in [2.24, 2.45) is 0 Å². The van der Waals surface area contributed by atoms with E-state index in [2.05, 4.69) is 4.74 Å². The first-order chi connectivity index (χ1) is 7.95. The van der Waals surface area contributed by atoms with Gasteiger partial charge in [0.25, 0.3) is 0 Å². The van der Waals surface area contributed by atoms with Crippen LogP contribution in [-0.4, -0.2) is 17.8 Å². The van der Waals surface area contributed by atoms with Gasteiger partial charge in [0.05, 0.1) is 18.2 Å². The Hall–Kier alpha value is -1.98. The molecule has 0 fully saturated rings. The topological polar surface area (TPSA) is 31.2 Å². The Balaban J connectivity index is 2.76. The number of carbonyl (C=O) groups excluding carboxylic acids is 1. The number of para-hydroxylation sites is 1. The van der Waals surface area contributed by atoms with E-state index in [9.17, 15) is 18.0 Å². The fourth-order valence-electron chi connectivity index (χ4n) is 1.65. The van der Waals surface area contributed by atoms with Gasteiger partial charge in [0, 0.05) is 11.6 Å². The van der Waals surface area contributed by atoms with Crippen LogP contribution < -0.4 is 0 Å². The number of halogens is 3. The van der Waals surface area contributed by atoms with Gasteiger partial charge in [-0.1, -0.05) is 18.2 Å². The highest BCUT2D eigenvalue weighted by Crippen LogP contribution is 2.35. The molecule has 1 aromatic carbocycles. The number of ether oxygens (including phenoxy) is 1. The number of hydrogen-bond acceptors (Lipinski definition) is 2. The maximum Gasteiger partial charge on any atom is 0.418 e. The van der Waals surface area contributed by atoms with Crippen molar-refractivity contribution in [3.8, 4) is 0 Å². The van der Waals surface area contributed by atoms with Crippen LogP contribution >= 0.6 is 0 Å².